The van der Waals surface area contributed by atoms with E-state index in [2.05, 4.69) is 5.32 Å². The van der Waals surface area contributed by atoms with Gasteiger partial charge in [-0.1, -0.05) is 60.7 Å². The second kappa shape index (κ2) is 11.8. The van der Waals surface area contributed by atoms with Gasteiger partial charge in [0.25, 0.3) is 5.91 Å². The lowest BCUT2D eigenvalue weighted by atomic mass is 10.0. The smallest absolute Gasteiger partial charge is 0.408 e. The van der Waals surface area contributed by atoms with Crippen molar-refractivity contribution in [2.24, 2.45) is 0 Å². The molecular formula is C28H30N2O8S2. The number of hydrogen-bond donors (Lipinski definition) is 1. The van der Waals surface area contributed by atoms with Crippen LogP contribution < -0.4 is 5.32 Å². The summed E-state index contributed by atoms with van der Waals surface area (Å²) >= 11 is 1.30. The molecule has 2 aliphatic heterocycles. The fourth-order valence-corrected chi connectivity index (χ4v) is 5.73. The van der Waals surface area contributed by atoms with Gasteiger partial charge in [-0.05, 0) is 43.5 Å². The molecule has 212 valence electrons. The zero-order valence-electron chi connectivity index (χ0n) is 22.4. The number of ether oxygens (including phenoxy) is 2. The predicted octanol–water partition coefficient (Wildman–Crippen LogP) is 3.87. The summed E-state index contributed by atoms with van der Waals surface area (Å²) in [6, 6.07) is 17.4. The first-order chi connectivity index (χ1) is 18.8. The summed E-state index contributed by atoms with van der Waals surface area (Å²) in [4.78, 5) is 40.7. The maximum Gasteiger partial charge on any atom is 0.408 e. The molecular weight excluding hydrogens is 556 g/mol. The number of thioether (sulfide) groups is 1. The normalized spacial score (nSPS) is 19.2. The van der Waals surface area contributed by atoms with Crippen molar-refractivity contribution in [2.45, 2.75) is 43.9 Å². The van der Waals surface area contributed by atoms with Crippen LogP contribution in [0.1, 0.15) is 38.0 Å². The Bertz CT molecular complexity index is 1390. The Hall–Kier alpha value is -3.77. The Morgan fingerprint density at radius 2 is 1.62 bits per heavy atom. The number of amides is 2. The molecule has 0 aliphatic carbocycles. The number of esters is 1. The van der Waals surface area contributed by atoms with Crippen molar-refractivity contribution in [3.63, 3.8) is 0 Å². The summed E-state index contributed by atoms with van der Waals surface area (Å²) in [7, 11) is -3.79. The molecule has 0 bridgehead atoms. The van der Waals surface area contributed by atoms with Crippen LogP contribution in [-0.4, -0.2) is 60.3 Å². The van der Waals surface area contributed by atoms with Gasteiger partial charge >= 0.3 is 22.2 Å². The minimum Gasteiger partial charge on any atom is -0.448 e. The minimum atomic E-state index is -3.79. The monoisotopic (exact) mass is 586 g/mol. The lowest BCUT2D eigenvalue weighted by Gasteiger charge is -2.49. The van der Waals surface area contributed by atoms with E-state index in [1.54, 1.807) is 20.8 Å². The number of carbonyl (C=O) groups is 3. The number of nitrogens with zero attached hydrogens (tertiary/aromatic N) is 1. The molecule has 1 N–H and O–H groups in total. The maximum absolute atomic E-state index is 13.8. The lowest BCUT2D eigenvalue weighted by molar-refractivity contribution is -0.153. The fourth-order valence-electron chi connectivity index (χ4n) is 4.15. The van der Waals surface area contributed by atoms with Gasteiger partial charge in [0.2, 0.25) is 0 Å². The van der Waals surface area contributed by atoms with Crippen LogP contribution in [0.15, 0.2) is 84.3 Å². The average molecular weight is 587 g/mol. The van der Waals surface area contributed by atoms with E-state index in [-0.39, 0.29) is 11.4 Å². The number of hydrogen-bond acceptors (Lipinski definition) is 9. The van der Waals surface area contributed by atoms with Crippen molar-refractivity contribution in [3.05, 3.63) is 95.4 Å². The molecule has 10 nitrogen and oxygen atoms in total. The van der Waals surface area contributed by atoms with Crippen molar-refractivity contribution in [1.29, 1.82) is 0 Å². The second-order valence-electron chi connectivity index (χ2n) is 10.1. The van der Waals surface area contributed by atoms with Crippen LogP contribution in [0.3, 0.4) is 0 Å². The first-order valence-electron chi connectivity index (χ1n) is 12.4. The topological polar surface area (TPSA) is 128 Å². The molecule has 2 amide bonds. The largest absolute Gasteiger partial charge is 0.448 e. The predicted molar refractivity (Wildman–Crippen MR) is 149 cm³/mol. The first-order valence-corrected chi connectivity index (χ1v) is 15.2. The van der Waals surface area contributed by atoms with Gasteiger partial charge in [0.15, 0.2) is 6.10 Å². The van der Waals surface area contributed by atoms with Gasteiger partial charge in [0.05, 0.1) is 6.26 Å². The molecule has 0 saturated carbocycles. The quantitative estimate of drug-likeness (QED) is 0.212. The summed E-state index contributed by atoms with van der Waals surface area (Å²) in [6.45, 7) is 5.13. The molecule has 0 aromatic heterocycles. The van der Waals surface area contributed by atoms with E-state index >= 15 is 0 Å². The molecule has 1 saturated heterocycles. The van der Waals surface area contributed by atoms with Crippen LogP contribution in [0.25, 0.3) is 0 Å². The third-order valence-corrected chi connectivity index (χ3v) is 7.56. The summed E-state index contributed by atoms with van der Waals surface area (Å²) in [5, 5.41) is 1.99. The van der Waals surface area contributed by atoms with E-state index < -0.39 is 51.2 Å². The van der Waals surface area contributed by atoms with Crippen LogP contribution in [0.5, 0.6) is 0 Å². The van der Waals surface area contributed by atoms with Crippen LogP contribution in [0, 0.1) is 0 Å². The number of rotatable bonds is 8. The van der Waals surface area contributed by atoms with E-state index in [9.17, 15) is 22.8 Å². The van der Waals surface area contributed by atoms with Crippen molar-refractivity contribution < 1.29 is 36.5 Å². The van der Waals surface area contributed by atoms with Gasteiger partial charge in [0.1, 0.15) is 29.0 Å². The number of β-lactam (4-membered cyclic amide) rings is 1. The van der Waals surface area contributed by atoms with E-state index in [4.69, 9.17) is 13.7 Å². The zero-order valence-corrected chi connectivity index (χ0v) is 24.0. The molecule has 4 rings (SSSR count). The molecule has 2 aromatic rings. The number of alkyl carbamates (subject to hydrolysis) is 1. The van der Waals surface area contributed by atoms with E-state index in [1.165, 1.54) is 22.7 Å². The van der Waals surface area contributed by atoms with E-state index in [0.29, 0.717) is 5.57 Å². The molecule has 0 radical (unpaired) electrons. The summed E-state index contributed by atoms with van der Waals surface area (Å²) in [6.07, 6.45) is 1.64. The standard InChI is InChI=1S/C28H30N2O8S2/c1-28(2,3)38-27(33)29-21-24(31)30-22(20(17-39-25(21)30)15-16-36-40(4,34)35)26(32)37-23(18-11-7-5-8-12-18)19-13-9-6-10-14-19/h5-16,21,23,25H,17H2,1-4H3,(H,29,33). The van der Waals surface area contributed by atoms with Crippen molar-refractivity contribution in [3.8, 4) is 0 Å². The molecule has 2 heterocycles. The molecule has 2 unspecified atom stereocenters. The van der Waals surface area contributed by atoms with Crippen LogP contribution >= 0.6 is 11.8 Å². The molecule has 1 fully saturated rings. The van der Waals surface area contributed by atoms with Crippen molar-refractivity contribution in [1.82, 2.24) is 10.2 Å². The highest BCUT2D eigenvalue weighted by atomic mass is 32.2. The molecule has 40 heavy (non-hydrogen) atoms. The highest BCUT2D eigenvalue weighted by Gasteiger charge is 2.54. The highest BCUT2D eigenvalue weighted by Crippen LogP contribution is 2.42. The number of nitrogens with one attached hydrogen (secondary N) is 1. The van der Waals surface area contributed by atoms with E-state index in [0.717, 1.165) is 23.6 Å². The summed E-state index contributed by atoms with van der Waals surface area (Å²) in [5.41, 5.74) is 0.967. The number of fused-ring (bicyclic) bond motifs is 1. The Kier molecular flexibility index (Phi) is 8.59. The number of benzene rings is 2. The Morgan fingerprint density at radius 3 is 2.15 bits per heavy atom. The molecule has 2 aliphatic rings. The number of allylic oxidation sites excluding steroid dienone is 1. The number of carbonyl (C=O) groups excluding carboxylic acids is 3. The molecule has 2 aromatic carbocycles. The Morgan fingerprint density at radius 1 is 1.05 bits per heavy atom. The van der Waals surface area contributed by atoms with Gasteiger partial charge in [-0.15, -0.1) is 11.8 Å². The Balaban J connectivity index is 1.66. The SMILES string of the molecule is CC(C)(C)OC(=O)NC1C(=O)N2C(C(=O)OC(c3ccccc3)c3ccccc3)=C(C=COS(C)(=O)=O)CSC12. The van der Waals surface area contributed by atoms with Gasteiger partial charge in [-0.25, -0.2) is 9.59 Å². The van der Waals surface area contributed by atoms with Crippen LogP contribution in [0.2, 0.25) is 0 Å². The third kappa shape index (κ3) is 7.05. The Labute approximate surface area is 237 Å². The van der Waals surface area contributed by atoms with Crippen molar-refractivity contribution >= 4 is 39.8 Å². The van der Waals surface area contributed by atoms with Gasteiger partial charge in [0, 0.05) is 5.75 Å². The third-order valence-electron chi connectivity index (χ3n) is 5.79. The van der Waals surface area contributed by atoms with Crippen molar-refractivity contribution in [2.75, 3.05) is 12.0 Å². The highest BCUT2D eigenvalue weighted by molar-refractivity contribution is 8.00. The van der Waals surface area contributed by atoms with Crippen LogP contribution in [0.4, 0.5) is 4.79 Å². The van der Waals surface area contributed by atoms with Gasteiger partial charge < -0.3 is 19.0 Å². The van der Waals surface area contributed by atoms with Gasteiger partial charge in [-0.3, -0.25) is 9.69 Å². The second-order valence-corrected chi connectivity index (χ2v) is 12.8. The first kappa shape index (κ1) is 29.2. The summed E-state index contributed by atoms with van der Waals surface area (Å²) < 4.78 is 39.0. The summed E-state index contributed by atoms with van der Waals surface area (Å²) in [5.74, 6) is -1.09. The van der Waals surface area contributed by atoms with Gasteiger partial charge in [-0.2, -0.15) is 8.42 Å². The average Bonchev–Trinajstić information content (AvgIpc) is 2.89. The lowest BCUT2D eigenvalue weighted by Crippen LogP contribution is -2.70. The zero-order chi connectivity index (χ0) is 29.1. The fraction of sp³-hybridized carbons (Fsp3) is 0.321. The maximum atomic E-state index is 13.8. The van der Waals surface area contributed by atoms with Crippen LogP contribution in [-0.2, 0) is 33.4 Å². The van der Waals surface area contributed by atoms with E-state index in [1.807, 2.05) is 60.7 Å². The molecule has 2 atom stereocenters. The molecule has 0 spiro atoms. The minimum absolute atomic E-state index is 0.0544. The molecule has 12 heteroatoms.